The van der Waals surface area contributed by atoms with Crippen LogP contribution in [0.5, 0.6) is 0 Å². The maximum absolute atomic E-state index is 13.5. The lowest BCUT2D eigenvalue weighted by Gasteiger charge is -2.11. The lowest BCUT2D eigenvalue weighted by atomic mass is 10.2. The SMILES string of the molecule is CN=C(NCc1cc(Br)cs1)NCc1ccccc1F. The number of nitrogens with one attached hydrogen (secondary N) is 2. The molecule has 6 heteroatoms. The van der Waals surface area contributed by atoms with E-state index in [9.17, 15) is 4.39 Å². The van der Waals surface area contributed by atoms with E-state index in [-0.39, 0.29) is 5.82 Å². The standard InChI is InChI=1S/C14H15BrFN3S/c1-17-14(19-8-12-6-11(15)9-20-12)18-7-10-4-2-3-5-13(10)16/h2-6,9H,7-8H2,1H3,(H2,17,18,19). The summed E-state index contributed by atoms with van der Waals surface area (Å²) in [6, 6.07) is 8.77. The summed E-state index contributed by atoms with van der Waals surface area (Å²) in [4.78, 5) is 5.32. The van der Waals surface area contributed by atoms with Crippen LogP contribution in [-0.4, -0.2) is 13.0 Å². The van der Waals surface area contributed by atoms with Crippen molar-refractivity contribution in [2.45, 2.75) is 13.1 Å². The topological polar surface area (TPSA) is 36.4 Å². The second-order valence-electron chi connectivity index (χ2n) is 4.10. The van der Waals surface area contributed by atoms with Gasteiger partial charge < -0.3 is 10.6 Å². The van der Waals surface area contributed by atoms with E-state index >= 15 is 0 Å². The number of hydrogen-bond donors (Lipinski definition) is 2. The average molecular weight is 356 g/mol. The van der Waals surface area contributed by atoms with Crippen LogP contribution in [0.1, 0.15) is 10.4 Å². The Bertz CT molecular complexity index is 598. The minimum absolute atomic E-state index is 0.211. The van der Waals surface area contributed by atoms with Gasteiger partial charge in [0, 0.05) is 33.9 Å². The van der Waals surface area contributed by atoms with Gasteiger partial charge in [-0.05, 0) is 28.1 Å². The van der Waals surface area contributed by atoms with Crippen molar-refractivity contribution >= 4 is 33.2 Å². The van der Waals surface area contributed by atoms with Crippen molar-refractivity contribution < 1.29 is 4.39 Å². The number of hydrogen-bond acceptors (Lipinski definition) is 2. The third-order valence-corrected chi connectivity index (χ3v) is 4.38. The van der Waals surface area contributed by atoms with E-state index in [1.54, 1.807) is 30.5 Å². The van der Waals surface area contributed by atoms with E-state index in [4.69, 9.17) is 0 Å². The van der Waals surface area contributed by atoms with Crippen molar-refractivity contribution in [3.8, 4) is 0 Å². The number of guanidine groups is 1. The number of nitrogens with zero attached hydrogens (tertiary/aromatic N) is 1. The lowest BCUT2D eigenvalue weighted by molar-refractivity contribution is 0.604. The molecule has 0 amide bonds. The first-order valence-electron chi connectivity index (χ1n) is 6.10. The highest BCUT2D eigenvalue weighted by molar-refractivity contribution is 9.10. The highest BCUT2D eigenvalue weighted by Gasteiger charge is 2.03. The monoisotopic (exact) mass is 355 g/mol. The fourth-order valence-corrected chi connectivity index (χ4v) is 3.05. The van der Waals surface area contributed by atoms with Gasteiger partial charge in [-0.25, -0.2) is 4.39 Å². The Morgan fingerprint density at radius 1 is 1.30 bits per heavy atom. The molecule has 106 valence electrons. The van der Waals surface area contributed by atoms with E-state index < -0.39 is 0 Å². The van der Waals surface area contributed by atoms with Gasteiger partial charge >= 0.3 is 0 Å². The van der Waals surface area contributed by atoms with E-state index in [2.05, 4.69) is 37.6 Å². The molecule has 2 rings (SSSR count). The highest BCUT2D eigenvalue weighted by atomic mass is 79.9. The van der Waals surface area contributed by atoms with Gasteiger partial charge in [-0.15, -0.1) is 11.3 Å². The Labute approximate surface area is 130 Å². The van der Waals surface area contributed by atoms with Gasteiger partial charge in [0.15, 0.2) is 5.96 Å². The molecule has 20 heavy (non-hydrogen) atoms. The zero-order chi connectivity index (χ0) is 14.4. The maximum Gasteiger partial charge on any atom is 0.191 e. The third-order valence-electron chi connectivity index (χ3n) is 2.68. The van der Waals surface area contributed by atoms with Gasteiger partial charge in [0.1, 0.15) is 5.82 Å². The predicted octanol–water partition coefficient (Wildman–Crippen LogP) is 3.51. The molecule has 0 bridgehead atoms. The molecule has 3 nitrogen and oxygen atoms in total. The first-order chi connectivity index (χ1) is 9.69. The van der Waals surface area contributed by atoms with Crippen LogP contribution in [0.4, 0.5) is 4.39 Å². The molecule has 0 saturated heterocycles. The summed E-state index contributed by atoms with van der Waals surface area (Å²) in [5, 5.41) is 8.32. The molecule has 0 spiro atoms. The van der Waals surface area contributed by atoms with Gasteiger partial charge in [-0.3, -0.25) is 4.99 Å². The lowest BCUT2D eigenvalue weighted by Crippen LogP contribution is -2.36. The van der Waals surface area contributed by atoms with Gasteiger partial charge in [-0.1, -0.05) is 18.2 Å². The fraction of sp³-hybridized carbons (Fsp3) is 0.214. The molecule has 0 aliphatic carbocycles. The van der Waals surface area contributed by atoms with Crippen LogP contribution in [0.2, 0.25) is 0 Å². The Morgan fingerprint density at radius 3 is 2.70 bits per heavy atom. The van der Waals surface area contributed by atoms with Gasteiger partial charge in [-0.2, -0.15) is 0 Å². The molecule has 0 aliphatic heterocycles. The van der Waals surface area contributed by atoms with Gasteiger partial charge in [0.2, 0.25) is 0 Å². The summed E-state index contributed by atoms with van der Waals surface area (Å²) in [5.41, 5.74) is 0.620. The summed E-state index contributed by atoms with van der Waals surface area (Å²) in [5.74, 6) is 0.440. The minimum Gasteiger partial charge on any atom is -0.352 e. The molecule has 1 aromatic heterocycles. The van der Waals surface area contributed by atoms with Gasteiger partial charge in [0.05, 0.1) is 6.54 Å². The Balaban J connectivity index is 1.85. The van der Waals surface area contributed by atoms with Crippen molar-refractivity contribution in [1.29, 1.82) is 0 Å². The Kier molecular flexibility index (Phi) is 5.55. The molecule has 1 aromatic carbocycles. The van der Waals surface area contributed by atoms with Gasteiger partial charge in [0.25, 0.3) is 0 Å². The maximum atomic E-state index is 13.5. The van der Waals surface area contributed by atoms with Crippen molar-refractivity contribution in [1.82, 2.24) is 10.6 Å². The molecule has 0 atom stereocenters. The largest absolute Gasteiger partial charge is 0.352 e. The van der Waals surface area contributed by atoms with Crippen LogP contribution in [-0.2, 0) is 13.1 Å². The number of rotatable bonds is 4. The summed E-state index contributed by atoms with van der Waals surface area (Å²) in [6.07, 6.45) is 0. The zero-order valence-corrected chi connectivity index (χ0v) is 13.4. The molecule has 2 N–H and O–H groups in total. The predicted molar refractivity (Wildman–Crippen MR) is 85.5 cm³/mol. The number of benzene rings is 1. The normalized spacial score (nSPS) is 11.4. The van der Waals surface area contributed by atoms with Crippen LogP contribution in [0.15, 0.2) is 45.2 Å². The molecule has 0 unspecified atom stereocenters. The van der Waals surface area contributed by atoms with Crippen LogP contribution in [0, 0.1) is 5.82 Å². The first kappa shape index (κ1) is 15.0. The Morgan fingerprint density at radius 2 is 2.05 bits per heavy atom. The third kappa shape index (κ3) is 4.31. The zero-order valence-electron chi connectivity index (χ0n) is 11.0. The summed E-state index contributed by atoms with van der Waals surface area (Å²) in [6.45, 7) is 1.09. The van der Waals surface area contributed by atoms with E-state index in [0.29, 0.717) is 24.6 Å². The summed E-state index contributed by atoms with van der Waals surface area (Å²) >= 11 is 5.09. The molecule has 0 radical (unpaired) electrons. The minimum atomic E-state index is -0.211. The number of thiophene rings is 1. The van der Waals surface area contributed by atoms with Crippen LogP contribution in [0.3, 0.4) is 0 Å². The molecular weight excluding hydrogens is 341 g/mol. The number of halogens is 2. The van der Waals surface area contributed by atoms with E-state index in [0.717, 1.165) is 4.47 Å². The van der Waals surface area contributed by atoms with Crippen LogP contribution < -0.4 is 10.6 Å². The first-order valence-corrected chi connectivity index (χ1v) is 7.77. The van der Waals surface area contributed by atoms with Crippen molar-refractivity contribution in [2.24, 2.45) is 4.99 Å². The fourth-order valence-electron chi connectivity index (χ4n) is 1.66. The number of aliphatic imine (C=N–C) groups is 1. The Hall–Kier alpha value is -1.40. The molecular formula is C14H15BrFN3S. The molecule has 0 saturated carbocycles. The average Bonchev–Trinajstić information content (AvgIpc) is 2.86. The van der Waals surface area contributed by atoms with Crippen molar-refractivity contribution in [2.75, 3.05) is 7.05 Å². The second kappa shape index (κ2) is 7.40. The molecule has 0 fully saturated rings. The van der Waals surface area contributed by atoms with E-state index in [1.165, 1.54) is 10.9 Å². The van der Waals surface area contributed by atoms with E-state index in [1.807, 2.05) is 11.4 Å². The summed E-state index contributed by atoms with van der Waals surface area (Å²) in [7, 11) is 1.70. The molecule has 2 aromatic rings. The summed E-state index contributed by atoms with van der Waals surface area (Å²) < 4.78 is 14.6. The van der Waals surface area contributed by atoms with Crippen LogP contribution in [0.25, 0.3) is 0 Å². The second-order valence-corrected chi connectivity index (χ2v) is 6.01. The van der Waals surface area contributed by atoms with Crippen molar-refractivity contribution in [3.63, 3.8) is 0 Å². The van der Waals surface area contributed by atoms with Crippen molar-refractivity contribution in [3.05, 3.63) is 56.4 Å². The quantitative estimate of drug-likeness (QED) is 0.650. The van der Waals surface area contributed by atoms with Crippen LogP contribution >= 0.6 is 27.3 Å². The molecule has 1 heterocycles. The molecule has 0 aliphatic rings. The highest BCUT2D eigenvalue weighted by Crippen LogP contribution is 2.19. The smallest absolute Gasteiger partial charge is 0.191 e.